The molecular weight excluding hydrogens is 218 g/mol. The Morgan fingerprint density at radius 1 is 1.53 bits per heavy atom. The number of nitrogens with zero attached hydrogens (tertiary/aromatic N) is 3. The molecule has 0 aliphatic rings. The summed E-state index contributed by atoms with van der Waals surface area (Å²) in [4.78, 5) is 15.7. The number of hydrogen-bond acceptors (Lipinski definition) is 4. The summed E-state index contributed by atoms with van der Waals surface area (Å²) in [6, 6.07) is 5.06. The summed E-state index contributed by atoms with van der Waals surface area (Å²) < 4.78 is 1.68. The minimum Gasteiger partial charge on any atom is -0.383 e. The van der Waals surface area contributed by atoms with E-state index < -0.39 is 0 Å². The van der Waals surface area contributed by atoms with E-state index in [0.29, 0.717) is 11.4 Å². The highest BCUT2D eigenvalue weighted by Crippen LogP contribution is 2.12. The predicted molar refractivity (Wildman–Crippen MR) is 64.5 cm³/mol. The molecule has 17 heavy (non-hydrogen) atoms. The van der Waals surface area contributed by atoms with Crippen molar-refractivity contribution in [3.05, 3.63) is 35.7 Å². The monoisotopic (exact) mass is 231 g/mol. The Balaban J connectivity index is 2.20. The summed E-state index contributed by atoms with van der Waals surface area (Å²) in [5.41, 5.74) is 6.91. The fourth-order valence-corrected chi connectivity index (χ4v) is 1.41. The normalized spacial score (nSPS) is 10.2. The number of aromatic nitrogens is 3. The van der Waals surface area contributed by atoms with E-state index in [1.54, 1.807) is 22.9 Å². The number of rotatable bonds is 2. The van der Waals surface area contributed by atoms with Crippen molar-refractivity contribution in [1.82, 2.24) is 14.8 Å². The largest absolute Gasteiger partial charge is 0.383 e. The van der Waals surface area contributed by atoms with Crippen LogP contribution in [0.3, 0.4) is 0 Å². The first-order valence-corrected chi connectivity index (χ1v) is 5.10. The zero-order valence-electron chi connectivity index (χ0n) is 9.64. The van der Waals surface area contributed by atoms with Gasteiger partial charge in [-0.3, -0.25) is 9.48 Å². The van der Waals surface area contributed by atoms with Gasteiger partial charge in [0, 0.05) is 25.0 Å². The molecule has 0 aliphatic heterocycles. The van der Waals surface area contributed by atoms with Gasteiger partial charge in [0.25, 0.3) is 5.91 Å². The maximum absolute atomic E-state index is 11.9. The highest BCUT2D eigenvalue weighted by molar-refractivity contribution is 6.06. The van der Waals surface area contributed by atoms with Gasteiger partial charge in [0.05, 0.1) is 5.56 Å². The number of aryl methyl sites for hydroxylation is 2. The van der Waals surface area contributed by atoms with E-state index in [1.807, 2.05) is 14.0 Å². The zero-order valence-corrected chi connectivity index (χ0v) is 9.64. The van der Waals surface area contributed by atoms with Crippen LogP contribution >= 0.6 is 0 Å². The Hall–Kier alpha value is -2.37. The molecule has 2 aromatic heterocycles. The molecule has 0 fully saturated rings. The van der Waals surface area contributed by atoms with Crippen LogP contribution in [0.4, 0.5) is 11.6 Å². The molecule has 0 saturated carbocycles. The van der Waals surface area contributed by atoms with Gasteiger partial charge < -0.3 is 11.1 Å². The number of pyridine rings is 1. The highest BCUT2D eigenvalue weighted by Gasteiger charge is 2.11. The van der Waals surface area contributed by atoms with Gasteiger partial charge in [-0.1, -0.05) is 0 Å². The molecule has 0 unspecified atom stereocenters. The molecule has 3 N–H and O–H groups in total. The molecule has 0 aliphatic carbocycles. The molecule has 0 bridgehead atoms. The summed E-state index contributed by atoms with van der Waals surface area (Å²) in [6.45, 7) is 1.90. The Kier molecular flexibility index (Phi) is 2.78. The van der Waals surface area contributed by atoms with Gasteiger partial charge in [-0.15, -0.1) is 0 Å². The van der Waals surface area contributed by atoms with Crippen LogP contribution in [0, 0.1) is 6.92 Å². The van der Waals surface area contributed by atoms with Gasteiger partial charge in [0.1, 0.15) is 5.82 Å². The van der Waals surface area contributed by atoms with Gasteiger partial charge in [-0.05, 0) is 19.1 Å². The number of nitrogens with one attached hydrogen (secondary N) is 1. The Labute approximate surface area is 98.5 Å². The minimum absolute atomic E-state index is 0.206. The highest BCUT2D eigenvalue weighted by atomic mass is 16.1. The molecule has 0 saturated heterocycles. The van der Waals surface area contributed by atoms with Gasteiger partial charge in [-0.2, -0.15) is 5.10 Å². The fourth-order valence-electron chi connectivity index (χ4n) is 1.41. The molecule has 6 nitrogen and oxygen atoms in total. The van der Waals surface area contributed by atoms with Crippen molar-refractivity contribution in [3.8, 4) is 0 Å². The van der Waals surface area contributed by atoms with Crippen LogP contribution in [0.25, 0.3) is 0 Å². The van der Waals surface area contributed by atoms with Gasteiger partial charge >= 0.3 is 0 Å². The predicted octanol–water partition coefficient (Wildman–Crippen LogP) is 0.958. The molecule has 1 amide bonds. The molecule has 0 spiro atoms. The van der Waals surface area contributed by atoms with Crippen molar-refractivity contribution >= 4 is 17.5 Å². The standard InChI is InChI=1S/C11H13N5O/c1-7-6-9(15-16(7)2)14-11(17)8-4-3-5-13-10(8)12/h3-6H,1-2H3,(H2,12,13)(H,14,15,17). The second-order valence-corrected chi connectivity index (χ2v) is 3.68. The number of hydrogen-bond donors (Lipinski definition) is 2. The van der Waals surface area contributed by atoms with Gasteiger partial charge in [0.15, 0.2) is 5.82 Å². The second kappa shape index (κ2) is 4.25. The lowest BCUT2D eigenvalue weighted by Gasteiger charge is -2.03. The summed E-state index contributed by atoms with van der Waals surface area (Å²) in [7, 11) is 1.81. The van der Waals surface area contributed by atoms with Crippen LogP contribution < -0.4 is 11.1 Å². The first kappa shape index (κ1) is 11.1. The summed E-state index contributed by atoms with van der Waals surface area (Å²) in [5.74, 6) is 0.393. The lowest BCUT2D eigenvalue weighted by molar-refractivity contribution is 0.102. The lowest BCUT2D eigenvalue weighted by Crippen LogP contribution is -2.15. The third-order valence-electron chi connectivity index (χ3n) is 2.44. The lowest BCUT2D eigenvalue weighted by atomic mass is 10.2. The third kappa shape index (κ3) is 2.25. The van der Waals surface area contributed by atoms with Crippen LogP contribution in [-0.2, 0) is 7.05 Å². The average Bonchev–Trinajstić information content (AvgIpc) is 2.58. The van der Waals surface area contributed by atoms with Crippen molar-refractivity contribution in [2.75, 3.05) is 11.1 Å². The van der Waals surface area contributed by atoms with E-state index in [-0.39, 0.29) is 11.7 Å². The van der Waals surface area contributed by atoms with Crippen molar-refractivity contribution < 1.29 is 4.79 Å². The quantitative estimate of drug-likeness (QED) is 0.806. The molecule has 2 heterocycles. The van der Waals surface area contributed by atoms with Crippen molar-refractivity contribution in [2.45, 2.75) is 6.92 Å². The van der Waals surface area contributed by atoms with E-state index in [2.05, 4.69) is 15.4 Å². The number of carbonyl (C=O) groups excluding carboxylic acids is 1. The maximum Gasteiger partial charge on any atom is 0.260 e. The fraction of sp³-hybridized carbons (Fsp3) is 0.182. The number of anilines is 2. The van der Waals surface area contributed by atoms with Gasteiger partial charge in [0.2, 0.25) is 0 Å². The molecule has 0 atom stereocenters. The van der Waals surface area contributed by atoms with Crippen molar-refractivity contribution in [2.24, 2.45) is 7.05 Å². The number of nitrogen functional groups attached to an aromatic ring is 1. The molecule has 6 heteroatoms. The summed E-state index contributed by atoms with van der Waals surface area (Å²) in [6.07, 6.45) is 1.54. The molecule has 0 aromatic carbocycles. The maximum atomic E-state index is 11.9. The Bertz CT molecular complexity index is 541. The summed E-state index contributed by atoms with van der Waals surface area (Å²) in [5, 5.41) is 6.80. The smallest absolute Gasteiger partial charge is 0.260 e. The number of carbonyl (C=O) groups is 1. The van der Waals surface area contributed by atoms with E-state index in [4.69, 9.17) is 5.73 Å². The van der Waals surface area contributed by atoms with E-state index in [1.165, 1.54) is 6.20 Å². The molecule has 0 radical (unpaired) electrons. The third-order valence-corrected chi connectivity index (χ3v) is 2.44. The first-order chi connectivity index (χ1) is 8.08. The van der Waals surface area contributed by atoms with Crippen molar-refractivity contribution in [3.63, 3.8) is 0 Å². The van der Waals surface area contributed by atoms with E-state index in [9.17, 15) is 4.79 Å². The molecule has 88 valence electrons. The zero-order chi connectivity index (χ0) is 12.4. The second-order valence-electron chi connectivity index (χ2n) is 3.68. The van der Waals surface area contributed by atoms with E-state index >= 15 is 0 Å². The van der Waals surface area contributed by atoms with Crippen LogP contribution in [0.1, 0.15) is 16.1 Å². The topological polar surface area (TPSA) is 85.8 Å². The van der Waals surface area contributed by atoms with E-state index in [0.717, 1.165) is 5.69 Å². The van der Waals surface area contributed by atoms with Crippen molar-refractivity contribution in [1.29, 1.82) is 0 Å². The molecule has 2 aromatic rings. The SMILES string of the molecule is Cc1cc(NC(=O)c2cccnc2N)nn1C. The number of nitrogens with two attached hydrogens (primary N) is 1. The first-order valence-electron chi connectivity index (χ1n) is 5.10. The summed E-state index contributed by atoms with van der Waals surface area (Å²) >= 11 is 0. The molecular formula is C11H13N5O. The van der Waals surface area contributed by atoms with Crippen LogP contribution in [0.5, 0.6) is 0 Å². The van der Waals surface area contributed by atoms with Crippen LogP contribution in [-0.4, -0.2) is 20.7 Å². The van der Waals surface area contributed by atoms with Gasteiger partial charge in [-0.25, -0.2) is 4.98 Å². The van der Waals surface area contributed by atoms with Crippen LogP contribution in [0.2, 0.25) is 0 Å². The molecule has 2 rings (SSSR count). The Morgan fingerprint density at radius 2 is 2.29 bits per heavy atom. The minimum atomic E-state index is -0.311. The van der Waals surface area contributed by atoms with Crippen LogP contribution in [0.15, 0.2) is 24.4 Å². The number of amides is 1. The average molecular weight is 231 g/mol. The Morgan fingerprint density at radius 3 is 2.88 bits per heavy atom.